The van der Waals surface area contributed by atoms with Crippen molar-refractivity contribution in [1.82, 2.24) is 0 Å². The first kappa shape index (κ1) is 86.2. The van der Waals surface area contributed by atoms with Gasteiger partial charge in [0.15, 0.2) is 6.10 Å². The number of phosphoric acid groups is 1. The van der Waals surface area contributed by atoms with Gasteiger partial charge >= 0.3 is 19.8 Å². The van der Waals surface area contributed by atoms with Gasteiger partial charge in [-0.05, 0) is 89.9 Å². The molecule has 518 valence electrons. The summed E-state index contributed by atoms with van der Waals surface area (Å²) in [6.45, 7) is 3.68. The number of phosphoric ester groups is 1. The maximum atomic E-state index is 12.8. The van der Waals surface area contributed by atoms with Crippen LogP contribution in [0.1, 0.15) is 373 Å². The molecule has 0 radical (unpaired) electrons. The van der Waals surface area contributed by atoms with Crippen LogP contribution in [0.4, 0.5) is 0 Å². The zero-order valence-electron chi connectivity index (χ0n) is 58.4. The quantitative estimate of drug-likeness (QED) is 0.0264. The summed E-state index contributed by atoms with van der Waals surface area (Å²) in [7, 11) is -4.40. The summed E-state index contributed by atoms with van der Waals surface area (Å²) in [6, 6.07) is 0. The van der Waals surface area contributed by atoms with Crippen LogP contribution in [-0.2, 0) is 32.7 Å². The molecule has 0 aromatic rings. The molecule has 89 heavy (non-hydrogen) atoms. The summed E-state index contributed by atoms with van der Waals surface area (Å²) in [5.74, 6) is -0.809. The van der Waals surface area contributed by atoms with Crippen LogP contribution in [0.25, 0.3) is 0 Å². The highest BCUT2D eigenvalue weighted by atomic mass is 31.2. The maximum Gasteiger partial charge on any atom is 0.472 e. The lowest BCUT2D eigenvalue weighted by atomic mass is 10.0. The highest BCUT2D eigenvalue weighted by molar-refractivity contribution is 7.47. The maximum absolute atomic E-state index is 12.8. The van der Waals surface area contributed by atoms with Gasteiger partial charge in [0.05, 0.1) is 13.2 Å². The van der Waals surface area contributed by atoms with E-state index >= 15 is 0 Å². The van der Waals surface area contributed by atoms with Crippen LogP contribution in [0.5, 0.6) is 0 Å². The zero-order chi connectivity index (χ0) is 64.4. The van der Waals surface area contributed by atoms with E-state index in [2.05, 4.69) is 98.9 Å². The van der Waals surface area contributed by atoms with Gasteiger partial charge in [-0.1, -0.05) is 356 Å². The lowest BCUT2D eigenvalue weighted by molar-refractivity contribution is -0.161. The number of ether oxygens (including phenoxy) is 2. The van der Waals surface area contributed by atoms with E-state index in [-0.39, 0.29) is 38.6 Å². The minimum atomic E-state index is -4.40. The first-order valence-electron chi connectivity index (χ1n) is 38.1. The Hall–Kier alpha value is -2.81. The summed E-state index contributed by atoms with van der Waals surface area (Å²) in [5.41, 5.74) is 5.41. The lowest BCUT2D eigenvalue weighted by Gasteiger charge is -2.19. The van der Waals surface area contributed by atoms with Gasteiger partial charge in [0, 0.05) is 19.4 Å². The molecule has 2 unspecified atom stereocenters. The van der Waals surface area contributed by atoms with Gasteiger partial charge in [-0.3, -0.25) is 18.6 Å². The Morgan fingerprint density at radius 3 is 0.921 bits per heavy atom. The summed E-state index contributed by atoms with van der Waals surface area (Å²) >= 11 is 0. The van der Waals surface area contributed by atoms with E-state index in [9.17, 15) is 19.0 Å². The Kier molecular flexibility index (Phi) is 71.9. The number of rotatable bonds is 72. The predicted octanol–water partition coefficient (Wildman–Crippen LogP) is 25.3. The summed E-state index contributed by atoms with van der Waals surface area (Å²) in [6.07, 6.45) is 99.9. The number of unbranched alkanes of at least 4 members (excludes halogenated alkanes) is 45. The highest BCUT2D eigenvalue weighted by Gasteiger charge is 2.26. The Labute approximate surface area is 551 Å². The Bertz CT molecular complexity index is 1740. The molecule has 0 aliphatic carbocycles. The summed E-state index contributed by atoms with van der Waals surface area (Å²) in [4.78, 5) is 35.4. The van der Waals surface area contributed by atoms with Crippen LogP contribution < -0.4 is 5.73 Å². The second kappa shape index (κ2) is 74.2. The van der Waals surface area contributed by atoms with E-state index in [1.807, 2.05) is 0 Å². The SMILES string of the molecule is CC/C=C\C/C=C\C/C=C\C/C=C\C/C=C\CCCCCCCCCCCCCCCCCCCCCCCC(=O)OC(COC(=O)CCCCCCCCCCCCCCCCCCCCC/C=C\C/C=C\CCCCCCC)COP(=O)(O)OCCN. The fraction of sp³-hybridized carbons (Fsp3) is 0.797. The summed E-state index contributed by atoms with van der Waals surface area (Å²) < 4.78 is 33.3. The topological polar surface area (TPSA) is 134 Å². The monoisotopic (exact) mass is 1270 g/mol. The molecular weight excluding hydrogens is 1120 g/mol. The van der Waals surface area contributed by atoms with E-state index in [0.717, 1.165) is 70.6 Å². The molecule has 0 saturated carbocycles. The number of carbonyl (C=O) groups is 2. The molecule has 0 saturated heterocycles. The molecule has 0 aromatic carbocycles. The van der Waals surface area contributed by atoms with Crippen molar-refractivity contribution < 1.29 is 37.6 Å². The predicted molar refractivity (Wildman–Crippen MR) is 386 cm³/mol. The van der Waals surface area contributed by atoms with Crippen LogP contribution in [0.3, 0.4) is 0 Å². The molecule has 0 heterocycles. The molecule has 0 bridgehead atoms. The fourth-order valence-corrected chi connectivity index (χ4v) is 11.9. The molecule has 0 fully saturated rings. The third-order valence-electron chi connectivity index (χ3n) is 16.8. The van der Waals surface area contributed by atoms with Crippen molar-refractivity contribution in [1.29, 1.82) is 0 Å². The number of nitrogens with two attached hydrogens (primary N) is 1. The lowest BCUT2D eigenvalue weighted by Crippen LogP contribution is -2.29. The molecule has 0 spiro atoms. The molecule has 0 aliphatic heterocycles. The number of esters is 2. The third-order valence-corrected chi connectivity index (χ3v) is 17.7. The molecule has 0 aromatic heterocycles. The van der Waals surface area contributed by atoms with Crippen LogP contribution in [0.2, 0.25) is 0 Å². The van der Waals surface area contributed by atoms with Crippen molar-refractivity contribution in [3.63, 3.8) is 0 Å². The van der Waals surface area contributed by atoms with Crippen molar-refractivity contribution in [2.75, 3.05) is 26.4 Å². The van der Waals surface area contributed by atoms with Crippen LogP contribution >= 0.6 is 7.82 Å². The third kappa shape index (κ3) is 74.1. The normalized spacial score (nSPS) is 13.3. The Morgan fingerprint density at radius 1 is 0.348 bits per heavy atom. The number of carbonyl (C=O) groups excluding carboxylic acids is 2. The van der Waals surface area contributed by atoms with Crippen LogP contribution in [0, 0.1) is 0 Å². The van der Waals surface area contributed by atoms with E-state index in [1.165, 1.54) is 270 Å². The minimum Gasteiger partial charge on any atom is -0.462 e. The van der Waals surface area contributed by atoms with Crippen molar-refractivity contribution >= 4 is 19.8 Å². The van der Waals surface area contributed by atoms with Crippen molar-refractivity contribution in [3.05, 3.63) is 85.1 Å². The first-order valence-corrected chi connectivity index (χ1v) is 39.6. The van der Waals surface area contributed by atoms with Gasteiger partial charge in [0.1, 0.15) is 6.61 Å². The van der Waals surface area contributed by atoms with E-state index in [4.69, 9.17) is 24.3 Å². The first-order chi connectivity index (χ1) is 43.8. The number of hydrogen-bond donors (Lipinski definition) is 2. The molecular formula is C79H144NO8P. The van der Waals surface area contributed by atoms with Crippen molar-refractivity contribution in [2.45, 2.75) is 380 Å². The van der Waals surface area contributed by atoms with E-state index in [1.54, 1.807) is 0 Å². The molecule has 3 N–H and O–H groups in total. The van der Waals surface area contributed by atoms with Gasteiger partial charge in [0.2, 0.25) is 0 Å². The number of allylic oxidation sites excluding steroid dienone is 14. The zero-order valence-corrected chi connectivity index (χ0v) is 59.3. The van der Waals surface area contributed by atoms with E-state index in [0.29, 0.717) is 6.42 Å². The van der Waals surface area contributed by atoms with Gasteiger partial charge in [-0.25, -0.2) is 4.57 Å². The van der Waals surface area contributed by atoms with Crippen molar-refractivity contribution in [3.8, 4) is 0 Å². The molecule has 0 rings (SSSR count). The van der Waals surface area contributed by atoms with Crippen LogP contribution in [-0.4, -0.2) is 49.3 Å². The second-order valence-electron chi connectivity index (χ2n) is 25.5. The van der Waals surface area contributed by atoms with Crippen molar-refractivity contribution in [2.24, 2.45) is 5.73 Å². The average molecular weight is 1270 g/mol. The second-order valence-corrected chi connectivity index (χ2v) is 26.9. The summed E-state index contributed by atoms with van der Waals surface area (Å²) in [5, 5.41) is 0. The molecule has 0 amide bonds. The fourth-order valence-electron chi connectivity index (χ4n) is 11.2. The average Bonchev–Trinajstić information content (AvgIpc) is 3.68. The molecule has 9 nitrogen and oxygen atoms in total. The molecule has 0 aliphatic rings. The Morgan fingerprint density at radius 2 is 0.618 bits per heavy atom. The van der Waals surface area contributed by atoms with Gasteiger partial charge in [-0.15, -0.1) is 0 Å². The smallest absolute Gasteiger partial charge is 0.462 e. The van der Waals surface area contributed by atoms with Gasteiger partial charge in [-0.2, -0.15) is 0 Å². The number of hydrogen-bond acceptors (Lipinski definition) is 8. The largest absolute Gasteiger partial charge is 0.472 e. The minimum absolute atomic E-state index is 0.0539. The molecule has 10 heteroatoms. The van der Waals surface area contributed by atoms with Crippen LogP contribution in [0.15, 0.2) is 85.1 Å². The standard InChI is InChI=1S/C79H144NO8P/c1-3-5-7-9-11-13-15-17-19-21-23-25-27-29-31-33-35-36-37-38-39-40-42-44-46-48-50-52-54-56-58-60-62-64-66-68-70-72-79(82)88-77(76-87-89(83,84)86-74-73-80)75-85-78(81)71-69-67-65-63-61-59-57-55-53-51-49-47-45-43-41-34-32-30-28-26-24-22-20-18-16-14-12-10-8-6-4-2/h5,7,11,13,16-19,22-25,29,31,77H,3-4,6,8-10,12,14-15,20-21,26-28,30,32-76,80H2,1-2H3,(H,83,84)/b7-5-,13-11-,18-16-,19-17-,24-22-,25-23-,31-29-. The highest BCUT2D eigenvalue weighted by Crippen LogP contribution is 2.43. The molecule has 2 atom stereocenters. The van der Waals surface area contributed by atoms with Gasteiger partial charge in [0.25, 0.3) is 0 Å². The van der Waals surface area contributed by atoms with Gasteiger partial charge < -0.3 is 20.1 Å². The Balaban J connectivity index is 3.80. The van der Waals surface area contributed by atoms with E-state index < -0.39 is 26.5 Å².